The highest BCUT2D eigenvalue weighted by atomic mass is 19.3. The fraction of sp³-hybridized carbons (Fsp3) is 0.741. The van der Waals surface area contributed by atoms with Gasteiger partial charge in [-0.3, -0.25) is 4.79 Å². The van der Waals surface area contributed by atoms with Crippen LogP contribution in [0, 0.1) is 23.7 Å². The third-order valence-corrected chi connectivity index (χ3v) is 7.65. The van der Waals surface area contributed by atoms with Crippen LogP contribution in [0.1, 0.15) is 96.8 Å². The fourth-order valence-electron chi connectivity index (χ4n) is 5.70. The molecule has 0 aliphatic heterocycles. The van der Waals surface area contributed by atoms with Gasteiger partial charge in [-0.2, -0.15) is 8.78 Å². The summed E-state index contributed by atoms with van der Waals surface area (Å²) < 4.78 is 34.3. The maximum Gasteiger partial charge on any atom is 0.387 e. The van der Waals surface area contributed by atoms with Crippen LogP contribution in [-0.4, -0.2) is 12.6 Å². The van der Waals surface area contributed by atoms with Crippen LogP contribution in [0.4, 0.5) is 8.78 Å². The molecule has 0 N–H and O–H groups in total. The van der Waals surface area contributed by atoms with Crippen molar-refractivity contribution in [3.05, 3.63) is 24.3 Å². The molecule has 32 heavy (non-hydrogen) atoms. The second-order valence-electron chi connectivity index (χ2n) is 9.87. The molecule has 2 saturated carbocycles. The Morgan fingerprint density at radius 1 is 0.844 bits per heavy atom. The van der Waals surface area contributed by atoms with Crippen LogP contribution in [0.3, 0.4) is 0 Å². The molecule has 0 bridgehead atoms. The SMILES string of the molecule is CCCCCCC[C@H]1CC[C@H]([C@H]2CC[C@H](C(=O)Oc3ccc(OC(F)F)cc3)CC2)CC1. The monoisotopic (exact) mass is 450 g/mol. The first-order valence-electron chi connectivity index (χ1n) is 12.8. The molecule has 3 rings (SSSR count). The zero-order valence-corrected chi connectivity index (χ0v) is 19.6. The summed E-state index contributed by atoms with van der Waals surface area (Å²) in [7, 11) is 0. The minimum Gasteiger partial charge on any atom is -0.435 e. The molecule has 0 atom stereocenters. The van der Waals surface area contributed by atoms with Crippen molar-refractivity contribution in [2.24, 2.45) is 23.7 Å². The number of esters is 1. The lowest BCUT2D eigenvalue weighted by Crippen LogP contribution is -2.30. The molecule has 0 saturated heterocycles. The van der Waals surface area contributed by atoms with E-state index in [1.54, 1.807) is 0 Å². The number of carbonyl (C=O) groups is 1. The highest BCUT2D eigenvalue weighted by molar-refractivity contribution is 5.75. The number of ether oxygens (including phenoxy) is 2. The third-order valence-electron chi connectivity index (χ3n) is 7.65. The lowest BCUT2D eigenvalue weighted by Gasteiger charge is -2.37. The first kappa shape index (κ1) is 25.0. The number of rotatable bonds is 11. The average Bonchev–Trinajstić information content (AvgIpc) is 2.80. The molecule has 5 heteroatoms. The van der Waals surface area contributed by atoms with E-state index >= 15 is 0 Å². The van der Waals surface area contributed by atoms with Crippen LogP contribution >= 0.6 is 0 Å². The Balaban J connectivity index is 1.33. The summed E-state index contributed by atoms with van der Waals surface area (Å²) in [5, 5.41) is 0. The molecule has 180 valence electrons. The summed E-state index contributed by atoms with van der Waals surface area (Å²) >= 11 is 0. The zero-order chi connectivity index (χ0) is 22.8. The van der Waals surface area contributed by atoms with Crippen molar-refractivity contribution >= 4 is 5.97 Å². The van der Waals surface area contributed by atoms with Gasteiger partial charge in [-0.05, 0) is 80.5 Å². The second-order valence-corrected chi connectivity index (χ2v) is 9.87. The van der Waals surface area contributed by atoms with E-state index in [1.165, 1.54) is 88.5 Å². The Morgan fingerprint density at radius 3 is 2.00 bits per heavy atom. The van der Waals surface area contributed by atoms with Crippen molar-refractivity contribution in [3.63, 3.8) is 0 Å². The van der Waals surface area contributed by atoms with E-state index < -0.39 is 6.61 Å². The van der Waals surface area contributed by atoms with Crippen molar-refractivity contribution in [2.45, 2.75) is 103 Å². The molecule has 2 aliphatic rings. The van der Waals surface area contributed by atoms with Gasteiger partial charge < -0.3 is 9.47 Å². The van der Waals surface area contributed by atoms with Gasteiger partial charge in [0.15, 0.2) is 0 Å². The van der Waals surface area contributed by atoms with Crippen molar-refractivity contribution in [1.82, 2.24) is 0 Å². The lowest BCUT2D eigenvalue weighted by molar-refractivity contribution is -0.140. The van der Waals surface area contributed by atoms with Crippen LogP contribution in [0.25, 0.3) is 0 Å². The first-order valence-corrected chi connectivity index (χ1v) is 12.8. The number of alkyl halides is 2. The molecule has 0 aromatic heterocycles. The van der Waals surface area contributed by atoms with E-state index in [0.29, 0.717) is 5.75 Å². The van der Waals surface area contributed by atoms with Crippen LogP contribution in [0.15, 0.2) is 24.3 Å². The van der Waals surface area contributed by atoms with E-state index in [2.05, 4.69) is 11.7 Å². The van der Waals surface area contributed by atoms with E-state index in [1.807, 2.05) is 0 Å². The predicted molar refractivity (Wildman–Crippen MR) is 123 cm³/mol. The Bertz CT molecular complexity index is 660. The summed E-state index contributed by atoms with van der Waals surface area (Å²) in [5.41, 5.74) is 0. The first-order chi connectivity index (χ1) is 15.5. The van der Waals surface area contributed by atoms with Gasteiger partial charge in [0.25, 0.3) is 0 Å². The molecular weight excluding hydrogens is 410 g/mol. The predicted octanol–water partition coefficient (Wildman–Crippen LogP) is 8.17. The van der Waals surface area contributed by atoms with E-state index in [4.69, 9.17) is 4.74 Å². The minimum absolute atomic E-state index is 0.0531. The average molecular weight is 451 g/mol. The van der Waals surface area contributed by atoms with Crippen LogP contribution in [-0.2, 0) is 4.79 Å². The van der Waals surface area contributed by atoms with E-state index in [9.17, 15) is 13.6 Å². The summed E-state index contributed by atoms with van der Waals surface area (Å²) in [6.07, 6.45) is 17.9. The zero-order valence-electron chi connectivity index (χ0n) is 19.6. The topological polar surface area (TPSA) is 35.5 Å². The van der Waals surface area contributed by atoms with Crippen molar-refractivity contribution in [2.75, 3.05) is 0 Å². The van der Waals surface area contributed by atoms with E-state index in [0.717, 1.165) is 43.4 Å². The third kappa shape index (κ3) is 8.04. The molecule has 0 radical (unpaired) electrons. The quantitative estimate of drug-likeness (QED) is 0.194. The molecule has 0 spiro atoms. The Hall–Kier alpha value is -1.65. The van der Waals surface area contributed by atoms with Gasteiger partial charge in [-0.15, -0.1) is 0 Å². The number of hydrogen-bond donors (Lipinski definition) is 0. The smallest absolute Gasteiger partial charge is 0.387 e. The van der Waals surface area contributed by atoms with Crippen molar-refractivity contribution in [3.8, 4) is 11.5 Å². The second kappa shape index (κ2) is 13.2. The lowest BCUT2D eigenvalue weighted by atomic mass is 9.68. The number of benzene rings is 1. The number of halogens is 2. The van der Waals surface area contributed by atoms with Crippen LogP contribution in [0.2, 0.25) is 0 Å². The van der Waals surface area contributed by atoms with Gasteiger partial charge >= 0.3 is 12.6 Å². The minimum atomic E-state index is -2.86. The summed E-state index contributed by atoms with van der Waals surface area (Å²) in [6, 6.07) is 5.80. The molecular formula is C27H40F2O3. The maximum atomic E-state index is 12.5. The Morgan fingerprint density at radius 2 is 1.41 bits per heavy atom. The molecule has 0 unspecified atom stereocenters. The molecule has 1 aromatic rings. The van der Waals surface area contributed by atoms with Gasteiger partial charge in [0.2, 0.25) is 0 Å². The van der Waals surface area contributed by atoms with Gasteiger partial charge in [0, 0.05) is 0 Å². The highest BCUT2D eigenvalue weighted by Crippen LogP contribution is 2.42. The molecule has 2 fully saturated rings. The number of carbonyl (C=O) groups excluding carboxylic acids is 1. The van der Waals surface area contributed by atoms with Crippen molar-refractivity contribution < 1.29 is 23.0 Å². The Kier molecular flexibility index (Phi) is 10.3. The molecule has 1 aromatic carbocycles. The molecule has 3 nitrogen and oxygen atoms in total. The molecule has 2 aliphatic carbocycles. The summed E-state index contributed by atoms with van der Waals surface area (Å²) in [4.78, 5) is 12.5. The standard InChI is InChI=1S/C27H40F2O3/c1-2-3-4-5-6-7-20-8-10-21(11-9-20)22-12-14-23(15-13-22)26(30)31-24-16-18-25(19-17-24)32-27(28)29/h16-23,27H,2-15H2,1H3/t20-,21-,22-,23-. The van der Waals surface area contributed by atoms with Gasteiger partial charge in [0.05, 0.1) is 5.92 Å². The highest BCUT2D eigenvalue weighted by Gasteiger charge is 2.33. The van der Waals surface area contributed by atoms with Crippen LogP contribution < -0.4 is 9.47 Å². The summed E-state index contributed by atoms with van der Waals surface area (Å²) in [6.45, 7) is -0.587. The molecule has 0 amide bonds. The normalized spacial score (nSPS) is 26.1. The largest absolute Gasteiger partial charge is 0.435 e. The van der Waals surface area contributed by atoms with Gasteiger partial charge in [-0.25, -0.2) is 0 Å². The summed E-state index contributed by atoms with van der Waals surface area (Å²) in [5.74, 6) is 2.73. The van der Waals surface area contributed by atoms with Gasteiger partial charge in [-0.1, -0.05) is 58.3 Å². The number of hydrogen-bond acceptors (Lipinski definition) is 3. The number of unbranched alkanes of at least 4 members (excludes halogenated alkanes) is 4. The Labute approximate surface area is 192 Å². The maximum absolute atomic E-state index is 12.5. The van der Waals surface area contributed by atoms with Crippen molar-refractivity contribution in [1.29, 1.82) is 0 Å². The van der Waals surface area contributed by atoms with E-state index in [-0.39, 0.29) is 17.6 Å². The fourth-order valence-corrected chi connectivity index (χ4v) is 5.70. The van der Waals surface area contributed by atoms with Crippen LogP contribution in [0.5, 0.6) is 11.5 Å². The molecule has 0 heterocycles. The van der Waals surface area contributed by atoms with Gasteiger partial charge in [0.1, 0.15) is 11.5 Å².